The number of aliphatic hydroxyl groups excluding tert-OH is 2. The summed E-state index contributed by atoms with van der Waals surface area (Å²) < 4.78 is 8.95. The second-order valence-corrected chi connectivity index (χ2v) is 13.7. The van der Waals surface area contributed by atoms with E-state index < -0.39 is 11.9 Å². The molecule has 1 radical (unpaired) electrons. The third-order valence-corrected chi connectivity index (χ3v) is 9.04. The fourth-order valence-electron chi connectivity index (χ4n) is 5.89. The van der Waals surface area contributed by atoms with E-state index >= 15 is 0 Å². The molecule has 0 aromatic rings. The number of carbonyl (C=O) groups excluding carboxylic acids is 2. The Morgan fingerprint density at radius 3 is 0.755 bits per heavy atom. The molecule has 0 aliphatic rings. The molecule has 0 bridgehead atoms. The first-order chi connectivity index (χ1) is 23.4. The molecule has 0 aliphatic heterocycles. The molecule has 0 amide bonds. The molecule has 7 heteroatoms. The van der Waals surface area contributed by atoms with Crippen molar-refractivity contribution < 1.29 is 46.3 Å². The van der Waals surface area contributed by atoms with Gasteiger partial charge in [0.05, 0.1) is 37.9 Å². The van der Waals surface area contributed by atoms with Crippen LogP contribution in [-0.2, 0) is 36.1 Å². The van der Waals surface area contributed by atoms with Crippen LogP contribution in [0.1, 0.15) is 219 Å². The van der Waals surface area contributed by atoms with Gasteiger partial charge in [0.15, 0.2) is 0 Å². The van der Waals surface area contributed by atoms with E-state index in [2.05, 4.69) is 23.3 Å². The summed E-state index contributed by atoms with van der Waals surface area (Å²) in [4.78, 5) is 21.8. The van der Waals surface area contributed by atoms with Crippen LogP contribution in [0.3, 0.4) is 0 Å². The topological polar surface area (TPSA) is 93.1 Å². The summed E-state index contributed by atoms with van der Waals surface area (Å²) in [6.07, 6.45) is 43.3. The van der Waals surface area contributed by atoms with Gasteiger partial charge in [-0.1, -0.05) is 194 Å². The van der Waals surface area contributed by atoms with Crippen molar-refractivity contribution >= 4 is 11.9 Å². The molecule has 0 unspecified atom stereocenters. The monoisotopic (exact) mass is 744 g/mol. The molecular formula is C42H80CuO6. The van der Waals surface area contributed by atoms with Crippen LogP contribution in [0, 0.1) is 0 Å². The van der Waals surface area contributed by atoms with Gasteiger partial charge in [0.2, 0.25) is 0 Å². The molecule has 0 fully saturated rings. The SMILES string of the molecule is CCCCCCCCCCCCCCCCC/C(O)=C\C(=O)OC.CCCCCCCCCCCCCCCCC/C(O)=C\C(=O)OC.[Cu]. The predicted molar refractivity (Wildman–Crippen MR) is 205 cm³/mol. The average molecular weight is 745 g/mol. The molecule has 0 heterocycles. The number of hydrogen-bond donors (Lipinski definition) is 2. The molecule has 0 spiro atoms. The molecule has 0 aromatic carbocycles. The van der Waals surface area contributed by atoms with Crippen molar-refractivity contribution in [3.63, 3.8) is 0 Å². The molecular weight excluding hydrogens is 664 g/mol. The minimum atomic E-state index is -0.478. The third kappa shape index (κ3) is 46.5. The molecule has 0 rings (SSSR count). The van der Waals surface area contributed by atoms with Crippen LogP contribution in [-0.4, -0.2) is 36.4 Å². The van der Waals surface area contributed by atoms with Gasteiger partial charge in [0.1, 0.15) is 0 Å². The summed E-state index contributed by atoms with van der Waals surface area (Å²) in [7, 11) is 2.64. The minimum Gasteiger partial charge on any atom is -0.512 e. The summed E-state index contributed by atoms with van der Waals surface area (Å²) in [5.41, 5.74) is 0. The van der Waals surface area contributed by atoms with E-state index in [1.165, 1.54) is 193 Å². The summed E-state index contributed by atoms with van der Waals surface area (Å²) in [5, 5.41) is 19.0. The van der Waals surface area contributed by atoms with Crippen molar-refractivity contribution in [1.82, 2.24) is 0 Å². The van der Waals surface area contributed by atoms with E-state index in [1.807, 2.05) is 0 Å². The number of unbranched alkanes of at least 4 members (excludes halogenated alkanes) is 28. The zero-order valence-corrected chi connectivity index (χ0v) is 33.6. The number of hydrogen-bond acceptors (Lipinski definition) is 6. The van der Waals surface area contributed by atoms with E-state index in [0.717, 1.165) is 25.7 Å². The maximum absolute atomic E-state index is 10.9. The maximum Gasteiger partial charge on any atom is 0.333 e. The van der Waals surface area contributed by atoms with Gasteiger partial charge in [-0.05, 0) is 12.8 Å². The van der Waals surface area contributed by atoms with Gasteiger partial charge < -0.3 is 19.7 Å². The summed E-state index contributed by atoms with van der Waals surface area (Å²) in [5.74, 6) is -0.685. The number of carbonyl (C=O) groups is 2. The minimum absolute atomic E-state index is 0. The Bertz CT molecular complexity index is 689. The number of esters is 2. The molecule has 0 saturated carbocycles. The average Bonchev–Trinajstić information content (AvgIpc) is 3.08. The van der Waals surface area contributed by atoms with Crippen molar-refractivity contribution in [2.24, 2.45) is 0 Å². The summed E-state index contributed by atoms with van der Waals surface area (Å²) in [6, 6.07) is 0. The zero-order chi connectivity index (χ0) is 35.8. The van der Waals surface area contributed by atoms with Gasteiger partial charge in [0.25, 0.3) is 0 Å². The number of ether oxygens (including phenoxy) is 2. The Kier molecular flexibility index (Phi) is 47.2. The Labute approximate surface area is 314 Å². The van der Waals surface area contributed by atoms with E-state index in [-0.39, 0.29) is 28.6 Å². The fraction of sp³-hybridized carbons (Fsp3) is 0.857. The molecule has 0 aliphatic carbocycles. The van der Waals surface area contributed by atoms with Gasteiger partial charge in [0, 0.05) is 29.9 Å². The van der Waals surface area contributed by atoms with Gasteiger partial charge >= 0.3 is 11.9 Å². The predicted octanol–water partition coefficient (Wildman–Crippen LogP) is 13.7. The molecule has 2 N–H and O–H groups in total. The largest absolute Gasteiger partial charge is 0.512 e. The van der Waals surface area contributed by atoms with E-state index in [4.69, 9.17) is 0 Å². The number of rotatable bonds is 34. The van der Waals surface area contributed by atoms with Crippen LogP contribution in [0.2, 0.25) is 0 Å². The van der Waals surface area contributed by atoms with Crippen LogP contribution in [0.4, 0.5) is 0 Å². The smallest absolute Gasteiger partial charge is 0.333 e. The van der Waals surface area contributed by atoms with E-state index in [1.54, 1.807) is 0 Å². The first-order valence-electron chi connectivity index (χ1n) is 20.4. The normalized spacial score (nSPS) is 11.4. The Morgan fingerprint density at radius 2 is 0.571 bits per heavy atom. The number of allylic oxidation sites excluding steroid dienone is 2. The van der Waals surface area contributed by atoms with Crippen LogP contribution in [0.5, 0.6) is 0 Å². The fourth-order valence-corrected chi connectivity index (χ4v) is 5.89. The van der Waals surface area contributed by atoms with Crippen molar-refractivity contribution in [2.45, 2.75) is 219 Å². The first kappa shape index (κ1) is 51.9. The zero-order valence-electron chi connectivity index (χ0n) is 32.6. The van der Waals surface area contributed by atoms with E-state index in [0.29, 0.717) is 12.8 Å². The van der Waals surface area contributed by atoms with E-state index in [9.17, 15) is 19.8 Å². The van der Waals surface area contributed by atoms with Gasteiger partial charge in [-0.3, -0.25) is 0 Å². The van der Waals surface area contributed by atoms with Crippen LogP contribution in [0.15, 0.2) is 23.7 Å². The van der Waals surface area contributed by atoms with Crippen LogP contribution < -0.4 is 0 Å². The second-order valence-electron chi connectivity index (χ2n) is 13.7. The summed E-state index contributed by atoms with van der Waals surface area (Å²) >= 11 is 0. The van der Waals surface area contributed by atoms with Crippen molar-refractivity contribution in [2.75, 3.05) is 14.2 Å². The van der Waals surface area contributed by atoms with Gasteiger partial charge in [-0.2, -0.15) is 0 Å². The van der Waals surface area contributed by atoms with Gasteiger partial charge in [-0.25, -0.2) is 9.59 Å². The van der Waals surface area contributed by atoms with Crippen molar-refractivity contribution in [3.8, 4) is 0 Å². The number of aliphatic hydroxyl groups is 2. The standard InChI is InChI=1S/2C21H40O3.Cu/c2*1-3-4-5-6-7-8-9-10-11-12-13-14-15-16-17-18-20(22)19-21(23)24-2;/h2*19,22H,3-18H2,1-2H3;/b2*20-19+;. The molecule has 0 aromatic heterocycles. The quantitative estimate of drug-likeness (QED) is 0.0224. The van der Waals surface area contributed by atoms with Crippen LogP contribution >= 0.6 is 0 Å². The van der Waals surface area contributed by atoms with Crippen LogP contribution in [0.25, 0.3) is 0 Å². The Balaban J connectivity index is -0.000000846. The molecule has 0 saturated heterocycles. The third-order valence-electron chi connectivity index (χ3n) is 9.04. The Hall–Kier alpha value is -1.46. The Morgan fingerprint density at radius 1 is 0.388 bits per heavy atom. The first-order valence-corrected chi connectivity index (χ1v) is 20.4. The second kappa shape index (κ2) is 44.6. The van der Waals surface area contributed by atoms with Crippen molar-refractivity contribution in [1.29, 1.82) is 0 Å². The maximum atomic E-state index is 10.9. The molecule has 295 valence electrons. The summed E-state index contributed by atoms with van der Waals surface area (Å²) in [6.45, 7) is 4.54. The number of methoxy groups -OCH3 is 2. The molecule has 6 nitrogen and oxygen atoms in total. The van der Waals surface area contributed by atoms with Gasteiger partial charge in [-0.15, -0.1) is 0 Å². The molecule has 49 heavy (non-hydrogen) atoms. The van der Waals surface area contributed by atoms with Crippen molar-refractivity contribution in [3.05, 3.63) is 23.7 Å². The molecule has 0 atom stereocenters.